The van der Waals surface area contributed by atoms with Crippen LogP contribution in [-0.4, -0.2) is 35.4 Å². The molecule has 0 fully saturated rings. The summed E-state index contributed by atoms with van der Waals surface area (Å²) in [7, 11) is 0. The lowest BCUT2D eigenvalue weighted by atomic mass is 10.0. The quantitative estimate of drug-likeness (QED) is 0.214. The molecule has 0 radical (unpaired) electrons. The van der Waals surface area contributed by atoms with Crippen molar-refractivity contribution < 1.29 is 14.2 Å². The average molecular weight is 497 g/mol. The minimum absolute atomic E-state index is 0.127. The molecule has 4 aromatic rings. The number of hydrogen-bond donors (Lipinski definition) is 1. The second kappa shape index (κ2) is 12.4. The highest BCUT2D eigenvalue weighted by Gasteiger charge is 2.16. The third-order valence-electron chi connectivity index (χ3n) is 5.63. The molecule has 1 N–H and O–H groups in total. The average Bonchev–Trinajstić information content (AvgIpc) is 3.33. The van der Waals surface area contributed by atoms with Gasteiger partial charge in [0.1, 0.15) is 17.3 Å². The van der Waals surface area contributed by atoms with E-state index in [1.165, 1.54) is 0 Å². The lowest BCUT2D eigenvalue weighted by molar-refractivity contribution is 0.178. The van der Waals surface area contributed by atoms with E-state index in [9.17, 15) is 0 Å². The molecule has 0 aliphatic rings. The van der Waals surface area contributed by atoms with Crippen molar-refractivity contribution in [3.05, 3.63) is 84.4 Å². The first-order valence-electron chi connectivity index (χ1n) is 12.9. The summed E-state index contributed by atoms with van der Waals surface area (Å²) in [6.07, 6.45) is 4.35. The molecule has 5 heteroatoms. The van der Waals surface area contributed by atoms with Crippen molar-refractivity contribution in [2.75, 3.05) is 13.2 Å². The predicted octanol–water partition coefficient (Wildman–Crippen LogP) is 8.03. The van der Waals surface area contributed by atoms with Crippen LogP contribution in [0, 0.1) is 0 Å². The number of H-pyrrole nitrogens is 1. The second-order valence-corrected chi connectivity index (χ2v) is 9.37. The Morgan fingerprint density at radius 2 is 1.27 bits per heavy atom. The van der Waals surface area contributed by atoms with Crippen LogP contribution in [0.3, 0.4) is 0 Å². The zero-order chi connectivity index (χ0) is 26.2. The predicted molar refractivity (Wildman–Crippen MR) is 152 cm³/mol. The van der Waals surface area contributed by atoms with Gasteiger partial charge in [-0.1, -0.05) is 36.4 Å². The molecule has 1 heterocycles. The van der Waals surface area contributed by atoms with E-state index in [0.717, 1.165) is 51.0 Å². The monoisotopic (exact) mass is 496 g/mol. The molecule has 3 aromatic carbocycles. The minimum Gasteiger partial charge on any atom is -0.491 e. The molecule has 0 aliphatic heterocycles. The number of rotatable bonds is 11. The molecule has 0 atom stereocenters. The molecule has 0 saturated carbocycles. The Kier molecular flexibility index (Phi) is 8.81. The Balaban J connectivity index is 1.68. The first-order chi connectivity index (χ1) is 17.9. The van der Waals surface area contributed by atoms with Crippen molar-refractivity contribution in [2.24, 2.45) is 0 Å². The highest BCUT2D eigenvalue weighted by atomic mass is 16.5. The fourth-order valence-electron chi connectivity index (χ4n) is 3.99. The molecule has 1 aromatic heterocycles. The van der Waals surface area contributed by atoms with E-state index in [1.807, 2.05) is 65.0 Å². The van der Waals surface area contributed by atoms with Crippen molar-refractivity contribution in [1.29, 1.82) is 0 Å². The normalized spacial score (nSPS) is 11.5. The molecule has 0 bridgehead atoms. The number of hydrogen-bond acceptors (Lipinski definition) is 4. The molecule has 0 unspecified atom stereocenters. The van der Waals surface area contributed by atoms with Crippen LogP contribution in [0.1, 0.15) is 40.2 Å². The molecule has 0 saturated heterocycles. The first-order valence-corrected chi connectivity index (χ1v) is 12.9. The fourth-order valence-corrected chi connectivity index (χ4v) is 3.99. The van der Waals surface area contributed by atoms with Gasteiger partial charge < -0.3 is 19.2 Å². The van der Waals surface area contributed by atoms with E-state index in [4.69, 9.17) is 19.2 Å². The van der Waals surface area contributed by atoms with Gasteiger partial charge in [-0.15, -0.1) is 0 Å². The molecule has 0 aliphatic carbocycles. The first kappa shape index (κ1) is 26.2. The maximum absolute atomic E-state index is 5.84. The Labute approximate surface area is 220 Å². The summed E-state index contributed by atoms with van der Waals surface area (Å²) in [5.41, 5.74) is 6.06. The molecule has 192 valence electrons. The van der Waals surface area contributed by atoms with Gasteiger partial charge >= 0.3 is 0 Å². The Hall–Kier alpha value is -3.83. The van der Waals surface area contributed by atoms with Gasteiger partial charge in [0.15, 0.2) is 0 Å². The van der Waals surface area contributed by atoms with E-state index in [2.05, 4.69) is 59.6 Å². The van der Waals surface area contributed by atoms with Crippen molar-refractivity contribution in [3.8, 4) is 45.4 Å². The van der Waals surface area contributed by atoms with Crippen molar-refractivity contribution in [1.82, 2.24) is 9.97 Å². The van der Waals surface area contributed by atoms with Gasteiger partial charge in [0.2, 0.25) is 0 Å². The zero-order valence-corrected chi connectivity index (χ0v) is 22.3. The largest absolute Gasteiger partial charge is 0.491 e. The fraction of sp³-hybridized carbons (Fsp3) is 0.281. The summed E-state index contributed by atoms with van der Waals surface area (Å²) >= 11 is 0. The van der Waals surface area contributed by atoms with Crippen LogP contribution in [0.5, 0.6) is 11.5 Å². The Morgan fingerprint density at radius 3 is 1.81 bits per heavy atom. The van der Waals surface area contributed by atoms with Crippen molar-refractivity contribution in [2.45, 2.75) is 46.8 Å². The number of imidazole rings is 1. The third kappa shape index (κ3) is 7.11. The highest BCUT2D eigenvalue weighted by Crippen LogP contribution is 2.35. The van der Waals surface area contributed by atoms with Crippen LogP contribution < -0.4 is 9.47 Å². The van der Waals surface area contributed by atoms with E-state index >= 15 is 0 Å². The van der Waals surface area contributed by atoms with E-state index in [0.29, 0.717) is 13.2 Å². The number of aromatic amines is 1. The highest BCUT2D eigenvalue weighted by molar-refractivity contribution is 5.81. The Bertz CT molecular complexity index is 1210. The van der Waals surface area contributed by atoms with Crippen LogP contribution in [0.25, 0.3) is 40.0 Å². The summed E-state index contributed by atoms with van der Waals surface area (Å²) in [5.74, 6) is 2.52. The lowest BCUT2D eigenvalue weighted by Crippen LogP contribution is -2.05. The zero-order valence-electron chi connectivity index (χ0n) is 22.3. The molecule has 0 spiro atoms. The van der Waals surface area contributed by atoms with Gasteiger partial charge in [0.25, 0.3) is 0 Å². The third-order valence-corrected chi connectivity index (χ3v) is 5.63. The number of nitrogens with one attached hydrogen (secondary N) is 1. The van der Waals surface area contributed by atoms with Crippen LogP contribution in [0.15, 0.2) is 78.9 Å². The van der Waals surface area contributed by atoms with E-state index in [1.54, 1.807) is 0 Å². The summed E-state index contributed by atoms with van der Waals surface area (Å²) in [4.78, 5) is 8.62. The molecule has 5 nitrogen and oxygen atoms in total. The number of nitrogens with zero attached hydrogens (tertiary/aromatic N) is 1. The molecule has 0 amide bonds. The van der Waals surface area contributed by atoms with Crippen molar-refractivity contribution >= 4 is 6.08 Å². The van der Waals surface area contributed by atoms with Crippen molar-refractivity contribution in [3.63, 3.8) is 0 Å². The van der Waals surface area contributed by atoms with E-state index in [-0.39, 0.29) is 12.2 Å². The van der Waals surface area contributed by atoms with Gasteiger partial charge in [-0.2, -0.15) is 0 Å². The van der Waals surface area contributed by atoms with E-state index < -0.39 is 0 Å². The van der Waals surface area contributed by atoms with Gasteiger partial charge in [0, 0.05) is 23.3 Å². The van der Waals surface area contributed by atoms with Gasteiger partial charge in [-0.25, -0.2) is 4.98 Å². The number of aromatic nitrogens is 2. The SMILES string of the molecule is CCOC/C=C/c1ccc(-c2nc(-c3ccc(OC(C)C)cc3)c(-c3ccc(OC(C)C)cc3)[nH]2)cc1. The topological polar surface area (TPSA) is 56.4 Å². The van der Waals surface area contributed by atoms with Crippen LogP contribution in [0.4, 0.5) is 0 Å². The number of ether oxygens (including phenoxy) is 3. The number of benzene rings is 3. The summed E-state index contributed by atoms with van der Waals surface area (Å²) in [6.45, 7) is 11.4. The summed E-state index contributed by atoms with van der Waals surface area (Å²) in [5, 5.41) is 0. The van der Waals surface area contributed by atoms with Crippen LogP contribution in [0.2, 0.25) is 0 Å². The maximum Gasteiger partial charge on any atom is 0.138 e. The van der Waals surface area contributed by atoms with Crippen LogP contribution >= 0.6 is 0 Å². The summed E-state index contributed by atoms with van der Waals surface area (Å²) in [6, 6.07) is 24.6. The Morgan fingerprint density at radius 1 is 0.730 bits per heavy atom. The lowest BCUT2D eigenvalue weighted by Gasteiger charge is -2.11. The minimum atomic E-state index is 0.127. The molecular weight excluding hydrogens is 460 g/mol. The van der Waals surface area contributed by atoms with Gasteiger partial charge in [-0.05, 0) is 88.7 Å². The molecule has 37 heavy (non-hydrogen) atoms. The van der Waals surface area contributed by atoms with Gasteiger partial charge in [-0.3, -0.25) is 0 Å². The standard InChI is InChI=1S/C32H36N2O3/c1-6-35-21-7-8-24-9-11-27(12-10-24)32-33-30(25-13-17-28(18-14-25)36-22(2)3)31(34-32)26-15-19-29(20-16-26)37-23(4)5/h7-20,22-23H,6,21H2,1-5H3,(H,33,34)/b8-7+. The molecule has 4 rings (SSSR count). The second-order valence-electron chi connectivity index (χ2n) is 9.37. The maximum atomic E-state index is 5.84. The van der Waals surface area contributed by atoms with Gasteiger partial charge in [0.05, 0.1) is 30.2 Å². The molecular formula is C32H36N2O3. The smallest absolute Gasteiger partial charge is 0.138 e. The van der Waals surface area contributed by atoms with Crippen LogP contribution in [-0.2, 0) is 4.74 Å². The summed E-state index contributed by atoms with van der Waals surface area (Å²) < 4.78 is 17.1.